The first-order chi connectivity index (χ1) is 11.0. The van der Waals surface area contributed by atoms with Crippen molar-refractivity contribution in [2.24, 2.45) is 0 Å². The van der Waals surface area contributed by atoms with E-state index < -0.39 is 0 Å². The molecule has 0 bridgehead atoms. The molecule has 2 aromatic rings. The lowest BCUT2D eigenvalue weighted by Crippen LogP contribution is -2.25. The van der Waals surface area contributed by atoms with Crippen molar-refractivity contribution < 1.29 is 11.3 Å². The predicted octanol–water partition coefficient (Wildman–Crippen LogP) is 3.87. The van der Waals surface area contributed by atoms with E-state index in [4.69, 9.17) is 16.3 Å². The van der Waals surface area contributed by atoms with Gasteiger partial charge in [-0.2, -0.15) is 5.10 Å². The van der Waals surface area contributed by atoms with E-state index in [1.54, 1.807) is 13.0 Å². The molecule has 1 heterocycles. The molecule has 1 aromatic carbocycles. The molecule has 0 amide bonds. The van der Waals surface area contributed by atoms with E-state index in [0.717, 1.165) is 18.4 Å². The second kappa shape index (κ2) is 5.89. The van der Waals surface area contributed by atoms with Crippen LogP contribution >= 0.6 is 11.6 Å². The Bertz CT molecular complexity index is 832. The van der Waals surface area contributed by atoms with Crippen LogP contribution in [0.4, 0.5) is 0 Å². The lowest BCUT2D eigenvalue weighted by atomic mass is 9.99. The molecule has 0 saturated heterocycles. The Balaban J connectivity index is 0.00000208. The number of hydrogen-bond acceptors (Lipinski definition) is 4. The summed E-state index contributed by atoms with van der Waals surface area (Å²) in [5.41, 5.74) is 1.70. The van der Waals surface area contributed by atoms with Crippen molar-refractivity contribution in [3.05, 3.63) is 38.8 Å². The van der Waals surface area contributed by atoms with Crippen LogP contribution in [0.3, 0.4) is 0 Å². The summed E-state index contributed by atoms with van der Waals surface area (Å²) in [6.07, 6.45) is 1.87. The van der Waals surface area contributed by atoms with E-state index in [-0.39, 0.29) is 24.3 Å². The Kier molecular flexibility index (Phi) is 4.06. The monoisotopic (exact) mass is 337 g/mol. The summed E-state index contributed by atoms with van der Waals surface area (Å²) in [7, 11) is 0. The number of hydrogen-bond donors (Lipinski definition) is 1. The van der Waals surface area contributed by atoms with Crippen LogP contribution < -0.4 is 10.3 Å². The molecule has 1 aliphatic rings. The first kappa shape index (κ1) is 15.9. The van der Waals surface area contributed by atoms with Crippen LogP contribution in [0.5, 0.6) is 11.5 Å². The molecule has 23 heavy (non-hydrogen) atoms. The normalized spacial score (nSPS) is 14.1. The third kappa shape index (κ3) is 2.70. The predicted molar refractivity (Wildman–Crippen MR) is 91.6 cm³/mol. The van der Waals surface area contributed by atoms with Crippen LogP contribution in [0.1, 0.15) is 38.5 Å². The third-order valence-corrected chi connectivity index (χ3v) is 4.31. The number of aromatic nitrogens is 2. The maximum Gasteiger partial charge on any atom is 0.278 e. The quantitative estimate of drug-likeness (QED) is 0.919. The van der Waals surface area contributed by atoms with Crippen molar-refractivity contribution in [2.75, 3.05) is 6.61 Å². The Morgan fingerprint density at radius 3 is 2.70 bits per heavy atom. The summed E-state index contributed by atoms with van der Waals surface area (Å²) in [4.78, 5) is 12.9. The van der Waals surface area contributed by atoms with Crippen molar-refractivity contribution >= 4 is 11.6 Å². The van der Waals surface area contributed by atoms with Gasteiger partial charge < -0.3 is 9.84 Å². The Morgan fingerprint density at radius 1 is 1.39 bits per heavy atom. The average Bonchev–Trinajstić information content (AvgIpc) is 3.34. The lowest BCUT2D eigenvalue weighted by molar-refractivity contribution is 0.341. The molecule has 3 rings (SSSR count). The van der Waals surface area contributed by atoms with Gasteiger partial charge in [0.25, 0.3) is 5.56 Å². The van der Waals surface area contributed by atoms with Crippen LogP contribution in [-0.4, -0.2) is 21.5 Å². The Morgan fingerprint density at radius 2 is 2.09 bits per heavy atom. The largest absolute Gasteiger partial charge is 0.505 e. The van der Waals surface area contributed by atoms with Crippen molar-refractivity contribution in [2.45, 2.75) is 39.7 Å². The maximum absolute atomic E-state index is 12.9. The first-order valence-electron chi connectivity index (χ1n) is 7.70. The molecule has 1 aliphatic carbocycles. The van der Waals surface area contributed by atoms with Crippen molar-refractivity contribution in [1.29, 1.82) is 0 Å². The van der Waals surface area contributed by atoms with Gasteiger partial charge in [0.1, 0.15) is 11.4 Å². The van der Waals surface area contributed by atoms with Gasteiger partial charge in [0.15, 0.2) is 5.75 Å². The Hall–Kier alpha value is -2.01. The van der Waals surface area contributed by atoms with Crippen molar-refractivity contribution in [3.8, 4) is 22.6 Å². The summed E-state index contributed by atoms with van der Waals surface area (Å²) in [6.45, 7) is 5.82. The standard InChI is InChI=1S/C17H19ClN2O3.H2/c1-4-23-16-12(18)8-5-9(2)13(16)14-15(21)10(3)19-20(17(14)22)11-6-7-11;/h5,8,11,21H,4,6-7H2,1-3H3;1H/i;1+1. The highest BCUT2D eigenvalue weighted by Crippen LogP contribution is 2.42. The van der Waals surface area contributed by atoms with Crippen LogP contribution in [0.25, 0.3) is 11.1 Å². The van der Waals surface area contributed by atoms with Crippen LogP contribution in [0, 0.1) is 13.8 Å². The number of nitrogens with zero attached hydrogens (tertiary/aromatic N) is 2. The van der Waals surface area contributed by atoms with Gasteiger partial charge in [-0.25, -0.2) is 4.68 Å². The van der Waals surface area contributed by atoms with Gasteiger partial charge in [-0.15, -0.1) is 0 Å². The van der Waals surface area contributed by atoms with Crippen LogP contribution in [0.2, 0.25) is 5.02 Å². The second-order valence-corrected chi connectivity index (χ2v) is 6.20. The highest BCUT2D eigenvalue weighted by atomic mass is 35.5. The van der Waals surface area contributed by atoms with Gasteiger partial charge in [0, 0.05) is 6.99 Å². The van der Waals surface area contributed by atoms with E-state index in [2.05, 4.69) is 5.10 Å². The van der Waals surface area contributed by atoms with E-state index in [9.17, 15) is 9.90 Å². The van der Waals surface area contributed by atoms with Gasteiger partial charge in [-0.05, 0) is 45.2 Å². The topological polar surface area (TPSA) is 64.3 Å². The highest BCUT2D eigenvalue weighted by molar-refractivity contribution is 6.32. The zero-order valence-electron chi connectivity index (χ0n) is 13.4. The molecule has 0 radical (unpaired) electrons. The highest BCUT2D eigenvalue weighted by Gasteiger charge is 2.30. The summed E-state index contributed by atoms with van der Waals surface area (Å²) >= 11 is 6.26. The minimum Gasteiger partial charge on any atom is -0.505 e. The average molecular weight is 338 g/mol. The SMILES string of the molecule is CCOc1c(Cl)ccc(C)c1-c1c(O)c(C)nn(C2CC2)c1=O.[2HH]. The minimum absolute atomic E-state index is 0. The third-order valence-electron chi connectivity index (χ3n) is 4.01. The van der Waals surface area contributed by atoms with Gasteiger partial charge in [0.2, 0.25) is 0 Å². The molecule has 5 nitrogen and oxygen atoms in total. The molecule has 1 saturated carbocycles. The number of ether oxygens (including phenoxy) is 1. The molecular weight excluding hydrogens is 316 g/mol. The Labute approximate surface area is 141 Å². The van der Waals surface area contributed by atoms with Gasteiger partial charge in [0.05, 0.1) is 23.2 Å². The van der Waals surface area contributed by atoms with E-state index in [1.807, 2.05) is 19.9 Å². The fourth-order valence-electron chi connectivity index (χ4n) is 2.69. The molecule has 1 fully saturated rings. The molecule has 1 aromatic heterocycles. The molecule has 6 heteroatoms. The van der Waals surface area contributed by atoms with Crippen LogP contribution in [0.15, 0.2) is 16.9 Å². The molecule has 0 atom stereocenters. The molecule has 1 N–H and O–H groups in total. The van der Waals surface area contributed by atoms with E-state index in [1.165, 1.54) is 4.68 Å². The zero-order valence-corrected chi connectivity index (χ0v) is 14.1. The summed E-state index contributed by atoms with van der Waals surface area (Å²) in [5.74, 6) is 0.313. The van der Waals surface area contributed by atoms with Crippen molar-refractivity contribution in [1.82, 2.24) is 9.78 Å². The molecule has 124 valence electrons. The smallest absolute Gasteiger partial charge is 0.278 e. The first-order valence-corrected chi connectivity index (χ1v) is 8.08. The fourth-order valence-corrected chi connectivity index (χ4v) is 2.91. The molecular formula is C17H21ClN2O3. The summed E-state index contributed by atoms with van der Waals surface area (Å²) < 4.78 is 7.13. The molecule has 0 spiro atoms. The minimum atomic E-state index is -0.304. The number of rotatable bonds is 4. The summed E-state index contributed by atoms with van der Waals surface area (Å²) in [6, 6.07) is 3.67. The van der Waals surface area contributed by atoms with Crippen molar-refractivity contribution in [3.63, 3.8) is 0 Å². The fraction of sp³-hybridized carbons (Fsp3) is 0.412. The van der Waals surface area contributed by atoms with E-state index in [0.29, 0.717) is 28.6 Å². The van der Waals surface area contributed by atoms with Gasteiger partial charge in [-0.1, -0.05) is 17.7 Å². The molecule has 0 aliphatic heterocycles. The zero-order chi connectivity index (χ0) is 16.7. The maximum atomic E-state index is 12.9. The van der Waals surface area contributed by atoms with E-state index >= 15 is 0 Å². The van der Waals surface area contributed by atoms with Crippen LogP contribution in [-0.2, 0) is 0 Å². The van der Waals surface area contributed by atoms with Gasteiger partial charge in [-0.3, -0.25) is 4.79 Å². The number of aromatic hydroxyl groups is 1. The second-order valence-electron chi connectivity index (χ2n) is 5.79. The summed E-state index contributed by atoms with van der Waals surface area (Å²) in [5, 5.41) is 15.1. The molecule has 0 unspecified atom stereocenters. The number of aryl methyl sites for hydroxylation is 2. The lowest BCUT2D eigenvalue weighted by Gasteiger charge is -2.17. The van der Waals surface area contributed by atoms with Gasteiger partial charge >= 0.3 is 0 Å². The number of benzene rings is 1. The number of halogens is 1.